The van der Waals surface area contributed by atoms with Gasteiger partial charge < -0.3 is 9.47 Å². The fourth-order valence-electron chi connectivity index (χ4n) is 3.05. The van der Waals surface area contributed by atoms with Crippen molar-refractivity contribution in [2.24, 2.45) is 5.92 Å². The lowest BCUT2D eigenvalue weighted by Crippen LogP contribution is -2.25. The van der Waals surface area contributed by atoms with Gasteiger partial charge in [-0.3, -0.25) is 4.79 Å². The molecule has 1 unspecified atom stereocenters. The van der Waals surface area contributed by atoms with E-state index in [2.05, 4.69) is 12.1 Å². The van der Waals surface area contributed by atoms with Crippen LogP contribution in [0.15, 0.2) is 30.3 Å². The lowest BCUT2D eigenvalue weighted by Gasteiger charge is -2.24. The van der Waals surface area contributed by atoms with Gasteiger partial charge in [0, 0.05) is 0 Å². The number of hydrogen-bond acceptors (Lipinski definition) is 3. The molecule has 0 radical (unpaired) electrons. The summed E-state index contributed by atoms with van der Waals surface area (Å²) in [6.45, 7) is 2.28. The number of carbonyl (C=O) groups is 1. The third kappa shape index (κ3) is 2.13. The summed E-state index contributed by atoms with van der Waals surface area (Å²) in [5.41, 5.74) is 2.41. The predicted molar refractivity (Wildman–Crippen MR) is 78.0 cm³/mol. The quantitative estimate of drug-likeness (QED) is 0.804. The molecule has 104 valence electrons. The second kappa shape index (κ2) is 5.16. The predicted octanol–water partition coefficient (Wildman–Crippen LogP) is 3.13. The smallest absolute Gasteiger partial charge is 0.309 e. The van der Waals surface area contributed by atoms with E-state index in [0.717, 1.165) is 18.6 Å². The highest BCUT2D eigenvalue weighted by Crippen LogP contribution is 2.35. The molecule has 1 aliphatic carbocycles. The number of benzene rings is 2. The average molecular weight is 270 g/mol. The maximum absolute atomic E-state index is 12.0. The van der Waals surface area contributed by atoms with Crippen LogP contribution in [0.5, 0.6) is 5.75 Å². The van der Waals surface area contributed by atoms with Crippen molar-refractivity contribution >= 4 is 16.7 Å². The van der Waals surface area contributed by atoms with E-state index in [0.29, 0.717) is 6.61 Å². The molecule has 3 heteroatoms. The van der Waals surface area contributed by atoms with Crippen molar-refractivity contribution in [2.75, 3.05) is 13.7 Å². The largest absolute Gasteiger partial charge is 0.497 e. The second-order valence-electron chi connectivity index (χ2n) is 5.16. The SMILES string of the molecule is CCOC(=O)C1Cc2cccc3cc(OC)cc(c23)C1. The Morgan fingerprint density at radius 3 is 2.80 bits per heavy atom. The molecule has 0 amide bonds. The third-order valence-corrected chi connectivity index (χ3v) is 3.91. The Labute approximate surface area is 118 Å². The van der Waals surface area contributed by atoms with Gasteiger partial charge in [0.1, 0.15) is 5.75 Å². The zero-order chi connectivity index (χ0) is 14.1. The first-order valence-electron chi connectivity index (χ1n) is 6.98. The van der Waals surface area contributed by atoms with Crippen LogP contribution in [0, 0.1) is 5.92 Å². The maximum atomic E-state index is 12.0. The molecule has 0 heterocycles. The van der Waals surface area contributed by atoms with Crippen molar-refractivity contribution in [3.63, 3.8) is 0 Å². The molecule has 0 fully saturated rings. The van der Waals surface area contributed by atoms with E-state index in [1.807, 2.05) is 25.1 Å². The van der Waals surface area contributed by atoms with E-state index in [9.17, 15) is 4.79 Å². The Hall–Kier alpha value is -2.03. The Morgan fingerprint density at radius 1 is 1.25 bits per heavy atom. The molecule has 3 rings (SSSR count). The summed E-state index contributed by atoms with van der Waals surface area (Å²) in [5, 5.41) is 2.45. The lowest BCUT2D eigenvalue weighted by atomic mass is 9.82. The first-order chi connectivity index (χ1) is 9.72. The van der Waals surface area contributed by atoms with E-state index >= 15 is 0 Å². The number of methoxy groups -OCH3 is 1. The highest BCUT2D eigenvalue weighted by Gasteiger charge is 2.27. The summed E-state index contributed by atoms with van der Waals surface area (Å²) < 4.78 is 10.5. The fraction of sp³-hybridized carbons (Fsp3) is 0.353. The van der Waals surface area contributed by atoms with Gasteiger partial charge in [-0.2, -0.15) is 0 Å². The van der Waals surface area contributed by atoms with Gasteiger partial charge in [-0.1, -0.05) is 18.2 Å². The molecule has 0 saturated heterocycles. The van der Waals surface area contributed by atoms with E-state index in [-0.39, 0.29) is 11.9 Å². The van der Waals surface area contributed by atoms with Crippen molar-refractivity contribution in [2.45, 2.75) is 19.8 Å². The van der Waals surface area contributed by atoms with E-state index in [1.54, 1.807) is 7.11 Å². The molecule has 1 atom stereocenters. The number of rotatable bonds is 3. The van der Waals surface area contributed by atoms with Crippen molar-refractivity contribution < 1.29 is 14.3 Å². The van der Waals surface area contributed by atoms with Gasteiger partial charge in [0.2, 0.25) is 0 Å². The first kappa shape index (κ1) is 13.0. The maximum Gasteiger partial charge on any atom is 0.309 e. The Morgan fingerprint density at radius 2 is 2.05 bits per heavy atom. The number of hydrogen-bond donors (Lipinski definition) is 0. The number of carbonyl (C=O) groups excluding carboxylic acids is 1. The Balaban J connectivity index is 2.07. The lowest BCUT2D eigenvalue weighted by molar-refractivity contribution is -0.148. The van der Waals surface area contributed by atoms with Gasteiger partial charge in [-0.25, -0.2) is 0 Å². The summed E-state index contributed by atoms with van der Waals surface area (Å²) in [6.07, 6.45) is 1.49. The molecule has 1 aliphatic rings. The topological polar surface area (TPSA) is 35.5 Å². The van der Waals surface area contributed by atoms with Gasteiger partial charge in [-0.15, -0.1) is 0 Å². The Bertz CT molecular complexity index is 661. The summed E-state index contributed by atoms with van der Waals surface area (Å²) in [4.78, 5) is 12.0. The van der Waals surface area contributed by atoms with Gasteiger partial charge in [0.05, 0.1) is 19.6 Å². The van der Waals surface area contributed by atoms with Crippen LogP contribution in [0.4, 0.5) is 0 Å². The molecule has 0 aliphatic heterocycles. The minimum absolute atomic E-state index is 0.0832. The molecule has 20 heavy (non-hydrogen) atoms. The zero-order valence-electron chi connectivity index (χ0n) is 11.8. The van der Waals surface area contributed by atoms with Gasteiger partial charge in [-0.05, 0) is 53.8 Å². The first-order valence-corrected chi connectivity index (χ1v) is 6.98. The molecular formula is C17H18O3. The van der Waals surface area contributed by atoms with Crippen LogP contribution in [0.1, 0.15) is 18.1 Å². The zero-order valence-corrected chi connectivity index (χ0v) is 11.8. The fourth-order valence-corrected chi connectivity index (χ4v) is 3.05. The van der Waals surface area contributed by atoms with Crippen LogP contribution in [0.25, 0.3) is 10.8 Å². The average Bonchev–Trinajstić information content (AvgIpc) is 2.47. The molecular weight excluding hydrogens is 252 g/mol. The molecule has 0 bridgehead atoms. The van der Waals surface area contributed by atoms with Crippen molar-refractivity contribution in [1.82, 2.24) is 0 Å². The van der Waals surface area contributed by atoms with Crippen LogP contribution in [-0.4, -0.2) is 19.7 Å². The summed E-state index contributed by atoms with van der Waals surface area (Å²) >= 11 is 0. The van der Waals surface area contributed by atoms with Crippen LogP contribution in [0.3, 0.4) is 0 Å². The minimum Gasteiger partial charge on any atom is -0.497 e. The molecule has 2 aromatic rings. The molecule has 3 nitrogen and oxygen atoms in total. The van der Waals surface area contributed by atoms with Crippen LogP contribution < -0.4 is 4.74 Å². The van der Waals surface area contributed by atoms with E-state index in [1.165, 1.54) is 21.9 Å². The van der Waals surface area contributed by atoms with Gasteiger partial charge in [0.25, 0.3) is 0 Å². The molecule has 2 aromatic carbocycles. The summed E-state index contributed by atoms with van der Waals surface area (Å²) in [6, 6.07) is 10.3. The van der Waals surface area contributed by atoms with Crippen molar-refractivity contribution in [3.05, 3.63) is 41.5 Å². The third-order valence-electron chi connectivity index (χ3n) is 3.91. The van der Waals surface area contributed by atoms with E-state index < -0.39 is 0 Å². The van der Waals surface area contributed by atoms with Crippen molar-refractivity contribution in [3.8, 4) is 5.75 Å². The minimum atomic E-state index is -0.0991. The van der Waals surface area contributed by atoms with Gasteiger partial charge >= 0.3 is 5.97 Å². The van der Waals surface area contributed by atoms with Crippen LogP contribution >= 0.6 is 0 Å². The molecule has 0 saturated carbocycles. The normalized spacial score (nSPS) is 17.0. The summed E-state index contributed by atoms with van der Waals surface area (Å²) in [7, 11) is 1.67. The molecule has 0 N–H and O–H groups in total. The van der Waals surface area contributed by atoms with Gasteiger partial charge in [0.15, 0.2) is 0 Å². The Kier molecular flexibility index (Phi) is 3.35. The second-order valence-corrected chi connectivity index (χ2v) is 5.16. The number of esters is 1. The molecule has 0 aromatic heterocycles. The number of ether oxygens (including phenoxy) is 2. The highest BCUT2D eigenvalue weighted by molar-refractivity contribution is 5.92. The standard InChI is InChI=1S/C17H18O3/c1-3-20-17(18)14-7-11-5-4-6-12-9-15(19-2)10-13(8-14)16(11)12/h4-6,9-10,14H,3,7-8H2,1-2H3. The van der Waals surface area contributed by atoms with Crippen LogP contribution in [0.2, 0.25) is 0 Å². The van der Waals surface area contributed by atoms with Crippen LogP contribution in [-0.2, 0) is 22.4 Å². The van der Waals surface area contributed by atoms with Crippen molar-refractivity contribution in [1.29, 1.82) is 0 Å². The van der Waals surface area contributed by atoms with E-state index in [4.69, 9.17) is 9.47 Å². The molecule has 0 spiro atoms. The monoisotopic (exact) mass is 270 g/mol. The summed E-state index contributed by atoms with van der Waals surface area (Å²) in [5.74, 6) is 0.660. The highest BCUT2D eigenvalue weighted by atomic mass is 16.5.